The standard InChI is InChI=1S/C28H31NO5/c1-2-33-22-10-5-9-20(16-22)25-24(27(31)28(32)29(25)17-23-11-6-14-34-23)26(30)21-13-12-18-7-3-4-8-19(18)15-21/h5,9-10,12-13,15-16,23,25,30H,2-4,6-8,11,14,17H2,1H3/b26-24-. The lowest BCUT2D eigenvalue weighted by Gasteiger charge is -2.27. The van der Waals surface area contributed by atoms with Gasteiger partial charge in [-0.3, -0.25) is 9.59 Å². The van der Waals surface area contributed by atoms with Gasteiger partial charge in [-0.1, -0.05) is 24.3 Å². The van der Waals surface area contributed by atoms with E-state index in [1.165, 1.54) is 17.5 Å². The van der Waals surface area contributed by atoms with E-state index < -0.39 is 17.7 Å². The number of hydrogen-bond donors (Lipinski definition) is 1. The van der Waals surface area contributed by atoms with Gasteiger partial charge in [0.2, 0.25) is 0 Å². The summed E-state index contributed by atoms with van der Waals surface area (Å²) in [5.74, 6) is -0.702. The predicted octanol–water partition coefficient (Wildman–Crippen LogP) is 4.56. The number of fused-ring (bicyclic) bond motifs is 1. The first-order valence-corrected chi connectivity index (χ1v) is 12.3. The third-order valence-electron chi connectivity index (χ3n) is 7.07. The molecule has 6 nitrogen and oxygen atoms in total. The number of nitrogens with zero attached hydrogens (tertiary/aromatic N) is 1. The van der Waals surface area contributed by atoms with Crippen LogP contribution in [0.25, 0.3) is 5.76 Å². The first kappa shape index (κ1) is 22.7. The van der Waals surface area contributed by atoms with Gasteiger partial charge in [-0.05, 0) is 80.3 Å². The number of ether oxygens (including phenoxy) is 2. The second-order valence-electron chi connectivity index (χ2n) is 9.28. The molecular formula is C28H31NO5. The van der Waals surface area contributed by atoms with E-state index in [1.807, 2.05) is 49.4 Å². The highest BCUT2D eigenvalue weighted by molar-refractivity contribution is 6.46. The minimum atomic E-state index is -0.694. The van der Waals surface area contributed by atoms with Crippen molar-refractivity contribution >= 4 is 17.4 Å². The molecule has 1 N–H and O–H groups in total. The number of hydrogen-bond acceptors (Lipinski definition) is 5. The van der Waals surface area contributed by atoms with Crippen LogP contribution in [-0.4, -0.2) is 47.6 Å². The topological polar surface area (TPSA) is 76.1 Å². The summed E-state index contributed by atoms with van der Waals surface area (Å²) in [5.41, 5.74) is 3.96. The van der Waals surface area contributed by atoms with Crippen LogP contribution in [0, 0.1) is 0 Å². The molecule has 0 bridgehead atoms. The van der Waals surface area contributed by atoms with Crippen LogP contribution in [0.5, 0.6) is 5.75 Å². The van der Waals surface area contributed by atoms with Crippen molar-refractivity contribution in [2.75, 3.05) is 19.8 Å². The minimum Gasteiger partial charge on any atom is -0.507 e. The van der Waals surface area contributed by atoms with Crippen LogP contribution in [0.15, 0.2) is 48.0 Å². The van der Waals surface area contributed by atoms with Gasteiger partial charge in [-0.2, -0.15) is 0 Å². The van der Waals surface area contributed by atoms with Gasteiger partial charge < -0.3 is 19.5 Å². The number of amides is 1. The fraction of sp³-hybridized carbons (Fsp3) is 0.429. The maximum absolute atomic E-state index is 13.3. The van der Waals surface area contributed by atoms with E-state index in [2.05, 4.69) is 0 Å². The van der Waals surface area contributed by atoms with Crippen molar-refractivity contribution in [3.8, 4) is 5.75 Å². The van der Waals surface area contributed by atoms with Crippen molar-refractivity contribution < 1.29 is 24.2 Å². The smallest absolute Gasteiger partial charge is 0.295 e. The SMILES string of the molecule is CCOc1cccc(C2/C(=C(/O)c3ccc4c(c3)CCCC4)C(=O)C(=O)N2CC2CCCO2)c1. The number of aliphatic hydroxyl groups is 1. The number of carbonyl (C=O) groups is 2. The molecule has 2 fully saturated rings. The third-order valence-corrected chi connectivity index (χ3v) is 7.07. The molecule has 2 saturated heterocycles. The number of Topliss-reactive ketones (excluding diaryl/α,β-unsaturated/α-hetero) is 1. The molecular weight excluding hydrogens is 430 g/mol. The molecule has 2 atom stereocenters. The summed E-state index contributed by atoms with van der Waals surface area (Å²) in [6.07, 6.45) is 5.96. The largest absolute Gasteiger partial charge is 0.507 e. The highest BCUT2D eigenvalue weighted by atomic mass is 16.5. The van der Waals surface area contributed by atoms with Crippen LogP contribution in [-0.2, 0) is 27.2 Å². The van der Waals surface area contributed by atoms with Crippen molar-refractivity contribution in [2.24, 2.45) is 0 Å². The molecule has 2 aliphatic heterocycles. The van der Waals surface area contributed by atoms with E-state index in [0.29, 0.717) is 31.1 Å². The summed E-state index contributed by atoms with van der Waals surface area (Å²) >= 11 is 0. The Morgan fingerprint density at radius 1 is 1.09 bits per heavy atom. The van der Waals surface area contributed by atoms with Crippen LogP contribution < -0.4 is 4.74 Å². The van der Waals surface area contributed by atoms with Crippen molar-refractivity contribution in [3.63, 3.8) is 0 Å². The quantitative estimate of drug-likeness (QED) is 0.388. The Balaban J connectivity index is 1.60. The summed E-state index contributed by atoms with van der Waals surface area (Å²) in [5, 5.41) is 11.4. The Bertz CT molecular complexity index is 1130. The molecule has 2 aromatic rings. The maximum atomic E-state index is 13.3. The lowest BCUT2D eigenvalue weighted by molar-refractivity contribution is -0.140. The molecule has 34 heavy (non-hydrogen) atoms. The van der Waals surface area contributed by atoms with Gasteiger partial charge in [0.25, 0.3) is 11.7 Å². The van der Waals surface area contributed by atoms with Gasteiger partial charge in [0, 0.05) is 18.7 Å². The van der Waals surface area contributed by atoms with Crippen molar-refractivity contribution in [3.05, 3.63) is 70.3 Å². The number of aryl methyl sites for hydroxylation is 2. The third kappa shape index (κ3) is 4.23. The van der Waals surface area contributed by atoms with Crippen LogP contribution in [0.3, 0.4) is 0 Å². The Hall–Kier alpha value is -3.12. The molecule has 1 amide bonds. The molecule has 5 rings (SSSR count). The Labute approximate surface area is 200 Å². The molecule has 2 heterocycles. The monoisotopic (exact) mass is 461 g/mol. The summed E-state index contributed by atoms with van der Waals surface area (Å²) in [7, 11) is 0. The number of ketones is 1. The molecule has 0 aromatic heterocycles. The van der Waals surface area contributed by atoms with Gasteiger partial charge in [0.15, 0.2) is 0 Å². The first-order valence-electron chi connectivity index (χ1n) is 12.3. The summed E-state index contributed by atoms with van der Waals surface area (Å²) < 4.78 is 11.5. The normalized spacial score (nSPS) is 23.9. The maximum Gasteiger partial charge on any atom is 0.295 e. The van der Waals surface area contributed by atoms with Gasteiger partial charge in [-0.25, -0.2) is 0 Å². The summed E-state index contributed by atoms with van der Waals surface area (Å²) in [4.78, 5) is 28.1. The molecule has 6 heteroatoms. The zero-order valence-corrected chi connectivity index (χ0v) is 19.6. The van der Waals surface area contributed by atoms with Gasteiger partial charge in [-0.15, -0.1) is 0 Å². The number of aliphatic hydroxyl groups excluding tert-OH is 1. The van der Waals surface area contributed by atoms with Crippen molar-refractivity contribution in [2.45, 2.75) is 57.6 Å². The van der Waals surface area contributed by atoms with E-state index in [-0.39, 0.29) is 17.4 Å². The average molecular weight is 462 g/mol. The van der Waals surface area contributed by atoms with Crippen molar-refractivity contribution in [1.82, 2.24) is 4.90 Å². The van der Waals surface area contributed by atoms with Crippen molar-refractivity contribution in [1.29, 1.82) is 0 Å². The minimum absolute atomic E-state index is 0.112. The second-order valence-corrected chi connectivity index (χ2v) is 9.28. The van der Waals surface area contributed by atoms with E-state index in [9.17, 15) is 14.7 Å². The molecule has 2 aromatic carbocycles. The average Bonchev–Trinajstić information content (AvgIpc) is 3.46. The predicted molar refractivity (Wildman–Crippen MR) is 129 cm³/mol. The van der Waals surface area contributed by atoms with Gasteiger partial charge in [0.1, 0.15) is 11.5 Å². The number of carbonyl (C=O) groups excluding carboxylic acids is 2. The lowest BCUT2D eigenvalue weighted by atomic mass is 9.88. The highest BCUT2D eigenvalue weighted by Crippen LogP contribution is 2.41. The van der Waals surface area contributed by atoms with Crippen LogP contribution in [0.2, 0.25) is 0 Å². The van der Waals surface area contributed by atoms with Crippen LogP contribution in [0.4, 0.5) is 0 Å². The van der Waals surface area contributed by atoms with E-state index in [4.69, 9.17) is 9.47 Å². The Morgan fingerprint density at radius 2 is 1.91 bits per heavy atom. The number of rotatable bonds is 6. The fourth-order valence-corrected chi connectivity index (χ4v) is 5.40. The zero-order chi connectivity index (χ0) is 23.7. The highest BCUT2D eigenvalue weighted by Gasteiger charge is 2.47. The second kappa shape index (κ2) is 9.63. The van der Waals surface area contributed by atoms with Crippen LogP contribution >= 0.6 is 0 Å². The molecule has 3 aliphatic rings. The molecule has 0 saturated carbocycles. The van der Waals surface area contributed by atoms with E-state index in [0.717, 1.165) is 37.7 Å². The first-order chi connectivity index (χ1) is 16.6. The Morgan fingerprint density at radius 3 is 2.68 bits per heavy atom. The molecule has 0 spiro atoms. The number of likely N-dealkylation sites (tertiary alicyclic amines) is 1. The number of benzene rings is 2. The van der Waals surface area contributed by atoms with Gasteiger partial charge >= 0.3 is 0 Å². The zero-order valence-electron chi connectivity index (χ0n) is 19.6. The lowest BCUT2D eigenvalue weighted by Crippen LogP contribution is -2.36. The fourth-order valence-electron chi connectivity index (χ4n) is 5.40. The molecule has 0 radical (unpaired) electrons. The van der Waals surface area contributed by atoms with Gasteiger partial charge in [0.05, 0.1) is 24.3 Å². The van der Waals surface area contributed by atoms with E-state index >= 15 is 0 Å². The molecule has 178 valence electrons. The molecule has 1 aliphatic carbocycles. The molecule has 2 unspecified atom stereocenters. The Kier molecular flexibility index (Phi) is 6.42. The van der Waals surface area contributed by atoms with E-state index in [1.54, 1.807) is 4.90 Å². The van der Waals surface area contributed by atoms with Crippen LogP contribution in [0.1, 0.15) is 60.9 Å². The summed E-state index contributed by atoms with van der Waals surface area (Å²) in [6, 6.07) is 12.6. The summed E-state index contributed by atoms with van der Waals surface area (Å²) in [6.45, 7) is 3.39.